The summed E-state index contributed by atoms with van der Waals surface area (Å²) in [5.41, 5.74) is 1.07. The predicted molar refractivity (Wildman–Crippen MR) is 150 cm³/mol. The zero-order chi connectivity index (χ0) is 30.2. The molecule has 3 aromatic rings. The fourth-order valence-electron chi connectivity index (χ4n) is 4.83. The molecule has 0 radical (unpaired) electrons. The van der Waals surface area contributed by atoms with Gasteiger partial charge in [-0.3, -0.25) is 4.21 Å². The average Bonchev–Trinajstić information content (AvgIpc) is 2.95. The Morgan fingerprint density at radius 2 is 1.41 bits per heavy atom. The quantitative estimate of drug-likeness (QED) is 0.131. The second-order valence-corrected chi connectivity index (χ2v) is 11.9. The van der Waals surface area contributed by atoms with Crippen molar-refractivity contribution in [2.75, 3.05) is 5.75 Å². The maximum absolute atomic E-state index is 13.9. The van der Waals surface area contributed by atoms with Crippen LogP contribution in [-0.2, 0) is 17.2 Å². The van der Waals surface area contributed by atoms with Gasteiger partial charge < -0.3 is 5.11 Å². The van der Waals surface area contributed by atoms with E-state index in [0.717, 1.165) is 54.0 Å². The molecule has 0 amide bonds. The Hall–Kier alpha value is -2.62. The molecule has 0 aromatic heterocycles. The molecule has 3 aromatic carbocycles. The largest absolute Gasteiger partial charge is 0.508 e. The van der Waals surface area contributed by atoms with Crippen LogP contribution in [0, 0.1) is 6.92 Å². The summed E-state index contributed by atoms with van der Waals surface area (Å²) in [4.78, 5) is 0. The number of hydrogen-bond acceptors (Lipinski definition) is 2. The van der Waals surface area contributed by atoms with Crippen LogP contribution < -0.4 is 0 Å². The Balaban J connectivity index is 1.44. The molecule has 1 N–H and O–H groups in total. The monoisotopic (exact) mass is 604 g/mol. The van der Waals surface area contributed by atoms with Crippen LogP contribution in [0.25, 0.3) is 21.9 Å². The first-order chi connectivity index (χ1) is 19.4. The normalized spacial score (nSPS) is 15.2. The van der Waals surface area contributed by atoms with Crippen LogP contribution in [0.2, 0.25) is 0 Å². The van der Waals surface area contributed by atoms with Crippen molar-refractivity contribution in [2.45, 2.75) is 88.5 Å². The molecule has 0 saturated heterocycles. The minimum atomic E-state index is -5.11. The summed E-state index contributed by atoms with van der Waals surface area (Å²) < 4.78 is 104. The molecule has 4 atom stereocenters. The van der Waals surface area contributed by atoms with Crippen LogP contribution in [0.4, 0.5) is 30.7 Å². The molecule has 4 unspecified atom stereocenters. The Kier molecular flexibility index (Phi) is 12.1. The number of phenols is 1. The first kappa shape index (κ1) is 32.9. The number of phenolic OH excluding ortho intramolecular Hbond substituents is 1. The van der Waals surface area contributed by atoms with E-state index in [1.165, 1.54) is 11.1 Å². The third-order valence-corrected chi connectivity index (χ3v) is 8.64. The molecule has 3 rings (SSSR count). The van der Waals surface area contributed by atoms with E-state index in [2.05, 4.69) is 30.3 Å². The summed E-state index contributed by atoms with van der Waals surface area (Å²) in [6.07, 6.45) is -6.26. The minimum absolute atomic E-state index is 0.136. The van der Waals surface area contributed by atoms with Crippen molar-refractivity contribution in [3.05, 3.63) is 65.7 Å². The Morgan fingerprint density at radius 1 is 0.805 bits per heavy atom. The number of alkyl halides is 7. The first-order valence-corrected chi connectivity index (χ1v) is 15.1. The van der Waals surface area contributed by atoms with E-state index < -0.39 is 46.7 Å². The lowest BCUT2D eigenvalue weighted by Gasteiger charge is -2.25. The molecule has 2 nitrogen and oxygen atoms in total. The van der Waals surface area contributed by atoms with Crippen molar-refractivity contribution in [1.82, 2.24) is 0 Å². The van der Waals surface area contributed by atoms with Crippen LogP contribution in [0.5, 0.6) is 5.75 Å². The molecular weight excluding hydrogens is 569 g/mol. The zero-order valence-electron chi connectivity index (χ0n) is 22.8. The first-order valence-electron chi connectivity index (χ1n) is 13.7. The van der Waals surface area contributed by atoms with Gasteiger partial charge in [-0.2, -0.15) is 8.78 Å². The van der Waals surface area contributed by atoms with Gasteiger partial charge in [0.05, 0.1) is 10.8 Å². The van der Waals surface area contributed by atoms with Gasteiger partial charge in [0.2, 0.25) is 11.7 Å². The van der Waals surface area contributed by atoms with Crippen molar-refractivity contribution in [3.63, 3.8) is 0 Å². The van der Waals surface area contributed by atoms with Crippen LogP contribution in [0.1, 0.15) is 56.1 Å². The summed E-state index contributed by atoms with van der Waals surface area (Å²) in [6, 6.07) is 17.8. The highest BCUT2D eigenvalue weighted by Crippen LogP contribution is 2.36. The predicted octanol–water partition coefficient (Wildman–Crippen LogP) is 9.41. The highest BCUT2D eigenvalue weighted by Gasteiger charge is 2.56. The third-order valence-electron chi connectivity index (χ3n) is 7.17. The van der Waals surface area contributed by atoms with Crippen molar-refractivity contribution in [3.8, 4) is 16.9 Å². The smallest absolute Gasteiger partial charge is 0.323 e. The van der Waals surface area contributed by atoms with Gasteiger partial charge in [0.1, 0.15) is 5.75 Å². The number of aromatic hydroxyl groups is 1. The Bertz CT molecular complexity index is 1280. The topological polar surface area (TPSA) is 37.3 Å². The van der Waals surface area contributed by atoms with Gasteiger partial charge in [-0.15, -0.1) is 0 Å². The summed E-state index contributed by atoms with van der Waals surface area (Å²) in [7, 11) is -2.83. The number of hydrogen-bond donors (Lipinski definition) is 1. The summed E-state index contributed by atoms with van der Waals surface area (Å²) in [6.45, 7) is 2.03. The molecule has 0 saturated carbocycles. The number of aryl methyl sites for hydroxylation is 2. The second-order valence-electron chi connectivity index (χ2n) is 10.3. The third kappa shape index (κ3) is 8.69. The molecule has 10 heteroatoms. The van der Waals surface area contributed by atoms with Crippen molar-refractivity contribution in [2.24, 2.45) is 0 Å². The molecule has 226 valence electrons. The maximum atomic E-state index is 13.9. The molecule has 0 heterocycles. The maximum Gasteiger partial charge on any atom is 0.323 e. The van der Waals surface area contributed by atoms with Gasteiger partial charge in [0, 0.05) is 5.75 Å². The lowest BCUT2D eigenvalue weighted by atomic mass is 9.90. The fourth-order valence-corrected chi connectivity index (χ4v) is 6.00. The average molecular weight is 605 g/mol. The van der Waals surface area contributed by atoms with Gasteiger partial charge in [0.15, 0.2) is 6.17 Å². The number of unbranched alkanes of at least 4 members (excludes halogenated alkanes) is 6. The van der Waals surface area contributed by atoms with Crippen LogP contribution >= 0.6 is 0 Å². The summed E-state index contributed by atoms with van der Waals surface area (Å²) in [5, 5.41) is 11.9. The SMILES string of the molecule is Cc1ccc(-c2ccc3cc(O)ccc3c2CCCCCCCCCS(=O)C(F)C(F)(F)C(F)C(F)C(F)F)cc1. The zero-order valence-corrected chi connectivity index (χ0v) is 23.6. The molecule has 0 spiro atoms. The number of benzene rings is 3. The van der Waals surface area contributed by atoms with Crippen molar-refractivity contribution < 1.29 is 40.0 Å². The molecule has 0 bridgehead atoms. The second kappa shape index (κ2) is 15.0. The van der Waals surface area contributed by atoms with E-state index in [4.69, 9.17) is 0 Å². The number of fused-ring (bicyclic) bond motifs is 1. The summed E-state index contributed by atoms with van der Waals surface area (Å²) >= 11 is 0. The van der Waals surface area contributed by atoms with Gasteiger partial charge in [0.25, 0.3) is 6.43 Å². The van der Waals surface area contributed by atoms with Crippen LogP contribution in [0.3, 0.4) is 0 Å². The Morgan fingerprint density at radius 3 is 2.05 bits per heavy atom. The van der Waals surface area contributed by atoms with E-state index >= 15 is 0 Å². The van der Waals surface area contributed by atoms with E-state index in [1.54, 1.807) is 12.1 Å². The van der Waals surface area contributed by atoms with Gasteiger partial charge >= 0.3 is 5.92 Å². The van der Waals surface area contributed by atoms with Gasteiger partial charge in [-0.1, -0.05) is 80.1 Å². The minimum Gasteiger partial charge on any atom is -0.508 e. The number of halogens is 7. The van der Waals surface area contributed by atoms with Crippen LogP contribution in [0.15, 0.2) is 54.6 Å². The lowest BCUT2D eigenvalue weighted by molar-refractivity contribution is -0.145. The fraction of sp³-hybridized carbons (Fsp3) is 0.484. The highest BCUT2D eigenvalue weighted by molar-refractivity contribution is 7.85. The molecular formula is C31H35F7O2S. The standard InChI is InChI=1S/C31H35F7O2S/c1-20-10-12-21(13-11-20)24-16-14-22-19-23(39)15-17-25(22)26(24)9-7-5-3-2-4-6-8-18-41(40)30(36)31(37,38)28(33)27(32)29(34)35/h10-17,19,27-30,39H,2-9,18H2,1H3. The lowest BCUT2D eigenvalue weighted by Crippen LogP contribution is -2.48. The van der Waals surface area contributed by atoms with Crippen molar-refractivity contribution in [1.29, 1.82) is 0 Å². The van der Waals surface area contributed by atoms with E-state index in [-0.39, 0.29) is 12.2 Å². The highest BCUT2D eigenvalue weighted by atomic mass is 32.2. The summed E-state index contributed by atoms with van der Waals surface area (Å²) in [5.74, 6) is -5.39. The molecule has 41 heavy (non-hydrogen) atoms. The Labute approximate surface area is 238 Å². The molecule has 0 aliphatic carbocycles. The van der Waals surface area contributed by atoms with Crippen molar-refractivity contribution >= 4 is 21.6 Å². The van der Waals surface area contributed by atoms with Gasteiger partial charge in [-0.05, 0) is 65.8 Å². The van der Waals surface area contributed by atoms with E-state index in [9.17, 15) is 40.0 Å². The molecule has 0 aliphatic heterocycles. The molecule has 0 aliphatic rings. The molecule has 0 fully saturated rings. The number of rotatable bonds is 16. The van der Waals surface area contributed by atoms with E-state index in [0.29, 0.717) is 12.8 Å². The van der Waals surface area contributed by atoms with Gasteiger partial charge in [-0.25, -0.2) is 22.0 Å². The van der Waals surface area contributed by atoms with E-state index in [1.807, 2.05) is 19.1 Å². The van der Waals surface area contributed by atoms with Crippen LogP contribution in [-0.4, -0.2) is 45.3 Å².